The fraction of sp³-hybridized carbons (Fsp3) is 0.200. The number of nitrogens with one attached hydrogen (secondary N) is 2. The average molecular weight is 382 g/mol. The molecule has 2 aromatic heterocycles. The molecule has 0 spiro atoms. The molecular weight excluding hydrogens is 360 g/mol. The maximum absolute atomic E-state index is 12.1. The van der Waals surface area contributed by atoms with Crippen LogP contribution >= 0.6 is 11.3 Å². The van der Waals surface area contributed by atoms with Gasteiger partial charge >= 0.3 is 0 Å². The number of carbonyl (C=O) groups excluding carboxylic acids is 2. The van der Waals surface area contributed by atoms with E-state index in [1.165, 1.54) is 11.3 Å². The van der Waals surface area contributed by atoms with E-state index in [4.69, 9.17) is 0 Å². The Morgan fingerprint density at radius 3 is 2.85 bits per heavy atom. The van der Waals surface area contributed by atoms with Gasteiger partial charge in [-0.1, -0.05) is 48.3 Å². The van der Waals surface area contributed by atoms with E-state index < -0.39 is 0 Å². The Morgan fingerprint density at radius 2 is 2.15 bits per heavy atom. The van der Waals surface area contributed by atoms with Gasteiger partial charge in [0, 0.05) is 36.5 Å². The molecule has 0 aromatic carbocycles. The molecule has 0 fully saturated rings. The van der Waals surface area contributed by atoms with E-state index >= 15 is 0 Å². The standard InChI is InChI=1S/C20H22N4O2S/c1-4-5-6-8-14(2)19(26)22-12-10-17(25)24-20-23-15(3)18(27-20)16-9-7-11-21-13-16/h4-9,11,13H,1,10,12H2,2-3H3,(H,22,26)(H,23,24,25)/b6-5-,14-8+. The third kappa shape index (κ3) is 6.31. The first kappa shape index (κ1) is 20.3. The van der Waals surface area contributed by atoms with Crippen LogP contribution in [0.25, 0.3) is 10.4 Å². The molecule has 0 radical (unpaired) electrons. The molecule has 0 atom stereocenters. The van der Waals surface area contributed by atoms with E-state index in [0.717, 1.165) is 16.1 Å². The summed E-state index contributed by atoms with van der Waals surface area (Å²) in [5, 5.41) is 6.03. The number of carbonyl (C=O) groups is 2. The van der Waals surface area contributed by atoms with Gasteiger partial charge < -0.3 is 10.6 Å². The zero-order valence-corrected chi connectivity index (χ0v) is 16.2. The molecule has 0 aliphatic heterocycles. The summed E-state index contributed by atoms with van der Waals surface area (Å²) in [6.45, 7) is 7.42. The second kappa shape index (κ2) is 10.2. The summed E-state index contributed by atoms with van der Waals surface area (Å²) in [7, 11) is 0. The lowest BCUT2D eigenvalue weighted by Gasteiger charge is -2.05. The molecule has 2 amide bonds. The maximum Gasteiger partial charge on any atom is 0.246 e. The van der Waals surface area contributed by atoms with Crippen molar-refractivity contribution in [3.05, 3.63) is 66.7 Å². The van der Waals surface area contributed by atoms with Crippen LogP contribution < -0.4 is 10.6 Å². The summed E-state index contributed by atoms with van der Waals surface area (Å²) >= 11 is 1.40. The minimum atomic E-state index is -0.208. The van der Waals surface area contributed by atoms with Crippen LogP contribution in [-0.2, 0) is 9.59 Å². The van der Waals surface area contributed by atoms with Gasteiger partial charge in [0.1, 0.15) is 0 Å². The SMILES string of the molecule is C=C/C=C\C=C(/C)C(=O)NCCC(=O)Nc1nc(C)c(-c2cccnc2)s1. The van der Waals surface area contributed by atoms with Crippen LogP contribution in [0.2, 0.25) is 0 Å². The first-order chi connectivity index (χ1) is 13.0. The van der Waals surface area contributed by atoms with E-state index in [0.29, 0.717) is 10.7 Å². The van der Waals surface area contributed by atoms with Gasteiger partial charge in [-0.2, -0.15) is 0 Å². The molecule has 6 nitrogen and oxygen atoms in total. The normalized spacial score (nSPS) is 11.4. The highest BCUT2D eigenvalue weighted by Gasteiger charge is 2.12. The monoisotopic (exact) mass is 382 g/mol. The Hall–Kier alpha value is -3.06. The lowest BCUT2D eigenvalue weighted by Crippen LogP contribution is -2.28. The number of hydrogen-bond acceptors (Lipinski definition) is 5. The van der Waals surface area contributed by atoms with Crippen molar-refractivity contribution in [2.45, 2.75) is 20.3 Å². The number of thiazole rings is 1. The fourth-order valence-electron chi connectivity index (χ4n) is 2.18. The van der Waals surface area contributed by atoms with Gasteiger partial charge in [-0.15, -0.1) is 0 Å². The highest BCUT2D eigenvalue weighted by molar-refractivity contribution is 7.19. The fourth-order valence-corrected chi connectivity index (χ4v) is 3.15. The number of amides is 2. The van der Waals surface area contributed by atoms with Crippen molar-refractivity contribution in [2.24, 2.45) is 0 Å². The predicted octanol–water partition coefficient (Wildman–Crippen LogP) is 3.65. The van der Waals surface area contributed by atoms with E-state index in [9.17, 15) is 9.59 Å². The molecule has 0 aliphatic carbocycles. The summed E-state index contributed by atoms with van der Waals surface area (Å²) in [6, 6.07) is 3.81. The summed E-state index contributed by atoms with van der Waals surface area (Å²) in [6.07, 6.45) is 10.4. The quantitative estimate of drug-likeness (QED) is 0.539. The van der Waals surface area contributed by atoms with Crippen LogP contribution in [0, 0.1) is 6.92 Å². The predicted molar refractivity (Wildman–Crippen MR) is 109 cm³/mol. The Kier molecular flexibility index (Phi) is 7.63. The van der Waals surface area contributed by atoms with E-state index in [-0.39, 0.29) is 24.8 Å². The number of aromatic nitrogens is 2. The zero-order chi connectivity index (χ0) is 19.6. The van der Waals surface area contributed by atoms with Crippen molar-refractivity contribution in [3.63, 3.8) is 0 Å². The van der Waals surface area contributed by atoms with Crippen LogP contribution in [0.3, 0.4) is 0 Å². The topological polar surface area (TPSA) is 84.0 Å². The Labute approximate surface area is 162 Å². The van der Waals surface area contributed by atoms with Gasteiger partial charge in [-0.05, 0) is 19.9 Å². The van der Waals surface area contributed by atoms with Crippen molar-refractivity contribution in [1.29, 1.82) is 0 Å². The van der Waals surface area contributed by atoms with E-state index in [1.807, 2.05) is 19.1 Å². The number of hydrogen-bond donors (Lipinski definition) is 2. The molecule has 2 heterocycles. The third-order valence-electron chi connectivity index (χ3n) is 3.56. The minimum absolute atomic E-state index is 0.169. The van der Waals surface area contributed by atoms with Crippen molar-refractivity contribution in [2.75, 3.05) is 11.9 Å². The van der Waals surface area contributed by atoms with Crippen molar-refractivity contribution in [1.82, 2.24) is 15.3 Å². The van der Waals surface area contributed by atoms with Crippen LogP contribution in [-0.4, -0.2) is 28.3 Å². The van der Waals surface area contributed by atoms with E-state index in [2.05, 4.69) is 27.2 Å². The summed E-state index contributed by atoms with van der Waals surface area (Å²) in [5.74, 6) is -0.407. The second-order valence-electron chi connectivity index (χ2n) is 5.70. The van der Waals surface area contributed by atoms with Crippen molar-refractivity contribution < 1.29 is 9.59 Å². The zero-order valence-electron chi connectivity index (χ0n) is 15.4. The lowest BCUT2D eigenvalue weighted by molar-refractivity contribution is -0.118. The molecule has 0 aliphatic rings. The molecule has 0 bridgehead atoms. The van der Waals surface area contributed by atoms with Crippen LogP contribution in [0.15, 0.2) is 61.0 Å². The molecule has 7 heteroatoms. The van der Waals surface area contributed by atoms with Crippen LogP contribution in [0.4, 0.5) is 5.13 Å². The number of anilines is 1. The largest absolute Gasteiger partial charge is 0.352 e. The molecule has 27 heavy (non-hydrogen) atoms. The molecule has 2 N–H and O–H groups in total. The first-order valence-electron chi connectivity index (χ1n) is 8.43. The summed E-state index contributed by atoms with van der Waals surface area (Å²) in [5.41, 5.74) is 2.36. The highest BCUT2D eigenvalue weighted by atomic mass is 32.1. The number of pyridine rings is 1. The average Bonchev–Trinajstić information content (AvgIpc) is 3.02. The molecular formula is C20H22N4O2S. The number of aryl methyl sites for hydroxylation is 1. The smallest absolute Gasteiger partial charge is 0.246 e. The molecule has 0 saturated heterocycles. The van der Waals surface area contributed by atoms with Crippen molar-refractivity contribution in [3.8, 4) is 10.4 Å². The van der Waals surface area contributed by atoms with Crippen molar-refractivity contribution >= 4 is 28.3 Å². The maximum atomic E-state index is 12.1. The Bertz CT molecular complexity index is 869. The minimum Gasteiger partial charge on any atom is -0.352 e. The molecule has 0 saturated carbocycles. The van der Waals surface area contributed by atoms with Gasteiger partial charge in [0.2, 0.25) is 11.8 Å². The molecule has 0 unspecified atom stereocenters. The van der Waals surface area contributed by atoms with E-state index in [1.54, 1.807) is 43.6 Å². The van der Waals surface area contributed by atoms with Crippen LogP contribution in [0.5, 0.6) is 0 Å². The third-order valence-corrected chi connectivity index (χ3v) is 4.68. The van der Waals surface area contributed by atoms with Gasteiger partial charge in [-0.25, -0.2) is 4.98 Å². The highest BCUT2D eigenvalue weighted by Crippen LogP contribution is 2.32. The molecule has 140 valence electrons. The summed E-state index contributed by atoms with van der Waals surface area (Å²) in [4.78, 5) is 33.4. The molecule has 2 rings (SSSR count). The van der Waals surface area contributed by atoms with Gasteiger partial charge in [0.25, 0.3) is 0 Å². The summed E-state index contributed by atoms with van der Waals surface area (Å²) < 4.78 is 0. The Balaban J connectivity index is 1.84. The number of nitrogens with zero attached hydrogens (tertiary/aromatic N) is 2. The number of rotatable bonds is 8. The Morgan fingerprint density at radius 1 is 1.33 bits per heavy atom. The first-order valence-corrected chi connectivity index (χ1v) is 9.24. The number of allylic oxidation sites excluding steroid dienone is 4. The molecule has 2 aromatic rings. The van der Waals surface area contributed by atoms with Gasteiger partial charge in [0.15, 0.2) is 5.13 Å². The second-order valence-corrected chi connectivity index (χ2v) is 6.70. The van der Waals surface area contributed by atoms with Gasteiger partial charge in [0.05, 0.1) is 10.6 Å². The van der Waals surface area contributed by atoms with Crippen LogP contribution in [0.1, 0.15) is 19.0 Å². The lowest BCUT2D eigenvalue weighted by atomic mass is 10.2. The van der Waals surface area contributed by atoms with Gasteiger partial charge in [-0.3, -0.25) is 14.6 Å².